The summed E-state index contributed by atoms with van der Waals surface area (Å²) in [7, 11) is 1.81. The van der Waals surface area contributed by atoms with E-state index < -0.39 is 18.0 Å². The van der Waals surface area contributed by atoms with Crippen LogP contribution < -0.4 is 11.1 Å². The summed E-state index contributed by atoms with van der Waals surface area (Å²) < 4.78 is 13.0. The Morgan fingerprint density at radius 3 is 2.68 bits per heavy atom. The summed E-state index contributed by atoms with van der Waals surface area (Å²) in [5, 5.41) is 9.27. The first-order chi connectivity index (χ1) is 11.9. The van der Waals surface area contributed by atoms with E-state index in [1.54, 1.807) is 19.1 Å². The number of amides is 3. The molecule has 0 bridgehead atoms. The normalized spacial score (nSPS) is 12.2. The molecule has 8 heteroatoms. The summed E-state index contributed by atoms with van der Waals surface area (Å²) in [5.41, 5.74) is 7.51. The maximum Gasteiger partial charge on any atom is 0.318 e. The van der Waals surface area contributed by atoms with Gasteiger partial charge in [-0.3, -0.25) is 20.1 Å². The summed E-state index contributed by atoms with van der Waals surface area (Å²) in [4.78, 5) is 24.3. The van der Waals surface area contributed by atoms with Crippen molar-refractivity contribution in [2.45, 2.75) is 25.8 Å². The third-order valence-corrected chi connectivity index (χ3v) is 4.01. The van der Waals surface area contributed by atoms with Crippen LogP contribution in [0.2, 0.25) is 0 Å². The van der Waals surface area contributed by atoms with Crippen molar-refractivity contribution in [1.82, 2.24) is 20.4 Å². The number of benzene rings is 1. The first-order valence-corrected chi connectivity index (χ1v) is 7.97. The van der Waals surface area contributed by atoms with Crippen LogP contribution in [0.15, 0.2) is 30.3 Å². The fraction of sp³-hybridized carbons (Fsp3) is 0.353. The standard InChI is InChI=1S/C17H22FN5O2/c1-11(16(24)20-17(19)25)23(2)9-3-4-14-10-15(22-21-14)12-5-7-13(18)8-6-12/h5-8,10-11H,3-4,9H2,1-2H3,(H,21,22)(H3,19,20,24,25)/t11-/m0/s1. The third-order valence-electron chi connectivity index (χ3n) is 4.01. The molecule has 1 heterocycles. The minimum atomic E-state index is -0.851. The third kappa shape index (κ3) is 5.39. The number of aromatic amines is 1. The number of carbonyl (C=O) groups excluding carboxylic acids is 2. The van der Waals surface area contributed by atoms with Gasteiger partial charge in [-0.15, -0.1) is 0 Å². The second-order valence-electron chi connectivity index (χ2n) is 5.90. The van der Waals surface area contributed by atoms with Crippen molar-refractivity contribution in [3.05, 3.63) is 41.8 Å². The van der Waals surface area contributed by atoms with Gasteiger partial charge in [-0.25, -0.2) is 9.18 Å². The van der Waals surface area contributed by atoms with Gasteiger partial charge >= 0.3 is 6.03 Å². The Morgan fingerprint density at radius 2 is 2.04 bits per heavy atom. The zero-order valence-electron chi connectivity index (χ0n) is 14.3. The number of carbonyl (C=O) groups is 2. The largest absolute Gasteiger partial charge is 0.351 e. The maximum atomic E-state index is 13.0. The van der Waals surface area contributed by atoms with E-state index in [1.165, 1.54) is 12.1 Å². The molecular weight excluding hydrogens is 325 g/mol. The Balaban J connectivity index is 1.83. The molecule has 0 saturated heterocycles. The Bertz CT molecular complexity index is 729. The van der Waals surface area contributed by atoms with Crippen molar-refractivity contribution in [2.24, 2.45) is 5.73 Å². The number of rotatable bonds is 7. The van der Waals surface area contributed by atoms with Crippen molar-refractivity contribution in [3.63, 3.8) is 0 Å². The van der Waals surface area contributed by atoms with E-state index in [1.807, 2.05) is 18.0 Å². The number of halogens is 1. The van der Waals surface area contributed by atoms with Gasteiger partial charge in [0.25, 0.3) is 0 Å². The minimum absolute atomic E-state index is 0.281. The molecule has 0 radical (unpaired) electrons. The second-order valence-corrected chi connectivity index (χ2v) is 5.90. The topological polar surface area (TPSA) is 104 Å². The molecular formula is C17H22FN5O2. The van der Waals surface area contributed by atoms with E-state index in [4.69, 9.17) is 5.73 Å². The Morgan fingerprint density at radius 1 is 1.36 bits per heavy atom. The van der Waals surface area contributed by atoms with Crippen LogP contribution >= 0.6 is 0 Å². The number of hydrogen-bond donors (Lipinski definition) is 3. The molecule has 7 nitrogen and oxygen atoms in total. The van der Waals surface area contributed by atoms with Gasteiger partial charge in [0.1, 0.15) is 5.82 Å². The highest BCUT2D eigenvalue weighted by atomic mass is 19.1. The lowest BCUT2D eigenvalue weighted by Crippen LogP contribution is -2.47. The molecule has 1 aromatic carbocycles. The molecule has 4 N–H and O–H groups in total. The lowest BCUT2D eigenvalue weighted by atomic mass is 10.1. The van der Waals surface area contributed by atoms with Crippen molar-refractivity contribution < 1.29 is 14.0 Å². The molecule has 3 amide bonds. The number of urea groups is 1. The second kappa shape index (κ2) is 8.39. The van der Waals surface area contributed by atoms with Crippen molar-refractivity contribution in [2.75, 3.05) is 13.6 Å². The molecule has 1 aromatic heterocycles. The Labute approximate surface area is 145 Å². The summed E-state index contributed by atoms with van der Waals surface area (Å²) >= 11 is 0. The van der Waals surface area contributed by atoms with Crippen LogP contribution in [0, 0.1) is 5.82 Å². The van der Waals surface area contributed by atoms with E-state index in [-0.39, 0.29) is 5.82 Å². The number of nitrogens with zero attached hydrogens (tertiary/aromatic N) is 2. The number of aryl methyl sites for hydroxylation is 1. The highest BCUT2D eigenvalue weighted by Gasteiger charge is 2.18. The van der Waals surface area contributed by atoms with Gasteiger partial charge in [0.05, 0.1) is 11.7 Å². The fourth-order valence-corrected chi connectivity index (χ4v) is 2.40. The molecule has 0 spiro atoms. The number of nitrogens with two attached hydrogens (primary N) is 1. The zero-order chi connectivity index (χ0) is 18.4. The van der Waals surface area contributed by atoms with Gasteiger partial charge in [0.15, 0.2) is 0 Å². The van der Waals surface area contributed by atoms with Crippen molar-refractivity contribution >= 4 is 11.9 Å². The van der Waals surface area contributed by atoms with Crippen LogP contribution in [-0.4, -0.2) is 46.7 Å². The molecule has 1 atom stereocenters. The highest BCUT2D eigenvalue weighted by molar-refractivity contribution is 5.96. The average molecular weight is 347 g/mol. The molecule has 0 unspecified atom stereocenters. The van der Waals surface area contributed by atoms with Gasteiger partial charge in [-0.05, 0) is 63.7 Å². The minimum Gasteiger partial charge on any atom is -0.351 e. The molecule has 0 saturated carbocycles. The molecule has 2 aromatic rings. The van der Waals surface area contributed by atoms with E-state index in [9.17, 15) is 14.0 Å². The first-order valence-electron chi connectivity index (χ1n) is 7.97. The number of imide groups is 1. The van der Waals surface area contributed by atoms with Crippen LogP contribution in [0.25, 0.3) is 11.3 Å². The van der Waals surface area contributed by atoms with E-state index in [0.29, 0.717) is 6.54 Å². The van der Waals surface area contributed by atoms with Gasteiger partial charge in [0, 0.05) is 11.3 Å². The lowest BCUT2D eigenvalue weighted by molar-refractivity contribution is -0.124. The average Bonchev–Trinajstić information content (AvgIpc) is 3.03. The molecule has 0 fully saturated rings. The summed E-state index contributed by atoms with van der Waals surface area (Å²) in [6.07, 6.45) is 1.55. The molecule has 0 aliphatic heterocycles. The molecule has 2 rings (SSSR count). The smallest absolute Gasteiger partial charge is 0.318 e. The first kappa shape index (κ1) is 18.6. The lowest BCUT2D eigenvalue weighted by Gasteiger charge is -2.22. The number of H-pyrrole nitrogens is 1. The van der Waals surface area contributed by atoms with E-state index in [0.717, 1.165) is 29.8 Å². The van der Waals surface area contributed by atoms with Crippen LogP contribution in [0.1, 0.15) is 19.0 Å². The molecule has 25 heavy (non-hydrogen) atoms. The van der Waals surface area contributed by atoms with Crippen LogP contribution in [0.5, 0.6) is 0 Å². The summed E-state index contributed by atoms with van der Waals surface area (Å²) in [6.45, 7) is 2.37. The van der Waals surface area contributed by atoms with E-state index in [2.05, 4.69) is 15.5 Å². The van der Waals surface area contributed by atoms with Crippen LogP contribution in [0.3, 0.4) is 0 Å². The van der Waals surface area contributed by atoms with Crippen LogP contribution in [0.4, 0.5) is 9.18 Å². The number of primary amides is 1. The number of likely N-dealkylation sites (N-methyl/N-ethyl adjacent to an activating group) is 1. The summed E-state index contributed by atoms with van der Waals surface area (Å²) in [6, 6.07) is 6.79. The number of hydrogen-bond acceptors (Lipinski definition) is 4. The molecule has 134 valence electrons. The number of aromatic nitrogens is 2. The van der Waals surface area contributed by atoms with Crippen molar-refractivity contribution in [1.29, 1.82) is 0 Å². The molecule has 0 aliphatic carbocycles. The SMILES string of the molecule is C[C@@H](C(=O)NC(N)=O)N(C)CCCc1cc(-c2ccc(F)cc2)n[nH]1. The monoisotopic (exact) mass is 347 g/mol. The van der Waals surface area contributed by atoms with Gasteiger partial charge in [0.2, 0.25) is 5.91 Å². The van der Waals surface area contributed by atoms with Crippen molar-refractivity contribution in [3.8, 4) is 11.3 Å². The van der Waals surface area contributed by atoms with Gasteiger partial charge in [-0.1, -0.05) is 0 Å². The van der Waals surface area contributed by atoms with Crippen LogP contribution in [-0.2, 0) is 11.2 Å². The number of nitrogens with one attached hydrogen (secondary N) is 2. The Kier molecular flexibility index (Phi) is 6.24. The maximum absolute atomic E-state index is 13.0. The van der Waals surface area contributed by atoms with Gasteiger partial charge in [-0.2, -0.15) is 5.10 Å². The van der Waals surface area contributed by atoms with E-state index >= 15 is 0 Å². The fourth-order valence-electron chi connectivity index (χ4n) is 2.40. The molecule has 0 aliphatic rings. The summed E-state index contributed by atoms with van der Waals surface area (Å²) in [5.74, 6) is -0.702. The predicted octanol–water partition coefficient (Wildman–Crippen LogP) is 1.66. The Hall–Kier alpha value is -2.74. The van der Waals surface area contributed by atoms with Gasteiger partial charge < -0.3 is 5.73 Å². The quantitative estimate of drug-likeness (QED) is 0.708. The highest BCUT2D eigenvalue weighted by Crippen LogP contribution is 2.18. The zero-order valence-corrected chi connectivity index (χ0v) is 14.3. The predicted molar refractivity (Wildman–Crippen MR) is 92.1 cm³/mol.